The molecular formula is C13H12Br2O3. The van der Waals surface area contributed by atoms with Crippen molar-refractivity contribution in [3.63, 3.8) is 0 Å². The predicted octanol–water partition coefficient (Wildman–Crippen LogP) is 4.10. The van der Waals surface area contributed by atoms with Crippen molar-refractivity contribution >= 4 is 37.6 Å². The van der Waals surface area contributed by atoms with Crippen LogP contribution < -0.4 is 0 Å². The summed E-state index contributed by atoms with van der Waals surface area (Å²) in [7, 11) is 0. The van der Waals surface area contributed by atoms with Gasteiger partial charge >= 0.3 is 0 Å². The number of carbonyl (C=O) groups excluding carboxylic acids is 1. The van der Waals surface area contributed by atoms with E-state index in [1.807, 2.05) is 12.1 Å². The highest BCUT2D eigenvalue weighted by Gasteiger charge is 2.31. The molecule has 3 nitrogen and oxygen atoms in total. The van der Waals surface area contributed by atoms with Crippen molar-refractivity contribution in [1.82, 2.24) is 0 Å². The quantitative estimate of drug-likeness (QED) is 0.714. The van der Waals surface area contributed by atoms with Crippen LogP contribution in [0.15, 0.2) is 45.6 Å². The van der Waals surface area contributed by atoms with Crippen molar-refractivity contribution < 1.29 is 13.6 Å². The summed E-state index contributed by atoms with van der Waals surface area (Å²) in [4.78, 5) is 12.5. The molecule has 0 aliphatic heterocycles. The number of hydrogen-bond acceptors (Lipinski definition) is 3. The van der Waals surface area contributed by atoms with Gasteiger partial charge in [0.2, 0.25) is 0 Å². The zero-order chi connectivity index (χ0) is 13.0. The summed E-state index contributed by atoms with van der Waals surface area (Å²) in [6.07, 6.45) is 3.16. The number of carbonyl (C=O) groups is 1. The van der Waals surface area contributed by atoms with Gasteiger partial charge in [-0.3, -0.25) is 4.79 Å². The fourth-order valence-electron chi connectivity index (χ4n) is 1.81. The third-order valence-electron chi connectivity index (χ3n) is 2.77. The number of alkyl halides is 2. The lowest BCUT2D eigenvalue weighted by molar-refractivity contribution is -0.121. The van der Waals surface area contributed by atoms with E-state index in [-0.39, 0.29) is 17.6 Å². The SMILES string of the molecule is O=C(C(CBr)c1ccco1)C(CBr)c1ccco1. The Morgan fingerprint density at radius 1 is 1.00 bits per heavy atom. The Morgan fingerprint density at radius 3 is 1.72 bits per heavy atom. The Balaban J connectivity index is 2.23. The molecule has 0 aliphatic carbocycles. The van der Waals surface area contributed by atoms with Gasteiger partial charge in [0.05, 0.1) is 24.4 Å². The van der Waals surface area contributed by atoms with Gasteiger partial charge < -0.3 is 8.83 Å². The standard InChI is InChI=1S/C13H12Br2O3/c14-7-9(11-3-1-5-17-11)13(16)10(8-15)12-4-2-6-18-12/h1-6,9-10H,7-8H2. The van der Waals surface area contributed by atoms with E-state index >= 15 is 0 Å². The molecule has 96 valence electrons. The van der Waals surface area contributed by atoms with Crippen molar-refractivity contribution in [3.8, 4) is 0 Å². The molecule has 0 fully saturated rings. The van der Waals surface area contributed by atoms with Crippen molar-refractivity contribution in [2.24, 2.45) is 0 Å². The number of hydrogen-bond donors (Lipinski definition) is 0. The van der Waals surface area contributed by atoms with Crippen LogP contribution >= 0.6 is 31.9 Å². The summed E-state index contributed by atoms with van der Waals surface area (Å²) in [5, 5.41) is 1.06. The molecule has 2 aromatic rings. The molecule has 0 saturated heterocycles. The van der Waals surface area contributed by atoms with Gasteiger partial charge in [-0.15, -0.1) is 0 Å². The molecule has 5 heteroatoms. The predicted molar refractivity (Wildman–Crippen MR) is 75.5 cm³/mol. The van der Waals surface area contributed by atoms with E-state index in [2.05, 4.69) is 31.9 Å². The topological polar surface area (TPSA) is 43.4 Å². The highest BCUT2D eigenvalue weighted by atomic mass is 79.9. The average Bonchev–Trinajstić information content (AvgIpc) is 3.03. The maximum absolute atomic E-state index is 12.5. The lowest BCUT2D eigenvalue weighted by Crippen LogP contribution is -2.22. The third kappa shape index (κ3) is 2.78. The molecule has 0 N–H and O–H groups in total. The molecule has 0 saturated carbocycles. The highest BCUT2D eigenvalue weighted by Crippen LogP contribution is 2.29. The third-order valence-corrected chi connectivity index (χ3v) is 4.06. The zero-order valence-electron chi connectivity index (χ0n) is 9.51. The van der Waals surface area contributed by atoms with Crippen LogP contribution in [0.4, 0.5) is 0 Å². The summed E-state index contributed by atoms with van der Waals surface area (Å²) < 4.78 is 10.6. The van der Waals surface area contributed by atoms with Gasteiger partial charge in [-0.05, 0) is 24.3 Å². The van der Waals surface area contributed by atoms with Gasteiger partial charge in [0.1, 0.15) is 11.5 Å². The lowest BCUT2D eigenvalue weighted by atomic mass is 9.92. The molecule has 0 aromatic carbocycles. The molecular weight excluding hydrogens is 364 g/mol. The second-order valence-corrected chi connectivity index (χ2v) is 5.14. The number of furan rings is 2. The van der Waals surface area contributed by atoms with Crippen LogP contribution in [-0.2, 0) is 4.79 Å². The van der Waals surface area contributed by atoms with Crippen molar-refractivity contribution in [1.29, 1.82) is 0 Å². The van der Waals surface area contributed by atoms with Crippen molar-refractivity contribution in [3.05, 3.63) is 48.3 Å². The van der Waals surface area contributed by atoms with Crippen LogP contribution in [0, 0.1) is 0 Å². The minimum absolute atomic E-state index is 0.0775. The van der Waals surface area contributed by atoms with Crippen LogP contribution in [0.2, 0.25) is 0 Å². The number of Topliss-reactive ketones (excluding diaryl/α,β-unsaturated/α-hetero) is 1. The first-order chi connectivity index (χ1) is 8.77. The van der Waals surface area contributed by atoms with Gasteiger partial charge in [-0.2, -0.15) is 0 Å². The second kappa shape index (κ2) is 6.38. The van der Waals surface area contributed by atoms with E-state index in [4.69, 9.17) is 8.83 Å². The van der Waals surface area contributed by atoms with Crippen LogP contribution in [0.3, 0.4) is 0 Å². The van der Waals surface area contributed by atoms with Crippen LogP contribution in [0.25, 0.3) is 0 Å². The van der Waals surface area contributed by atoms with Gasteiger partial charge in [0.25, 0.3) is 0 Å². The Morgan fingerprint density at radius 2 is 1.44 bits per heavy atom. The summed E-state index contributed by atoms with van der Waals surface area (Å²) in [6, 6.07) is 7.21. The molecule has 2 rings (SSSR count). The molecule has 2 heterocycles. The van der Waals surface area contributed by atoms with E-state index in [1.165, 1.54) is 0 Å². The Labute approximate surface area is 122 Å². The van der Waals surface area contributed by atoms with Gasteiger partial charge in [0, 0.05) is 10.7 Å². The first-order valence-corrected chi connectivity index (χ1v) is 7.74. The van der Waals surface area contributed by atoms with Gasteiger partial charge in [0.15, 0.2) is 5.78 Å². The molecule has 2 unspecified atom stereocenters. The maximum atomic E-state index is 12.5. The Kier molecular flexibility index (Phi) is 4.83. The zero-order valence-corrected chi connectivity index (χ0v) is 12.7. The first kappa shape index (κ1) is 13.6. The van der Waals surface area contributed by atoms with Gasteiger partial charge in [-0.1, -0.05) is 31.9 Å². The fourth-order valence-corrected chi connectivity index (χ4v) is 3.08. The normalized spacial score (nSPS) is 14.3. The van der Waals surface area contributed by atoms with Crippen LogP contribution in [0.1, 0.15) is 23.4 Å². The van der Waals surface area contributed by atoms with E-state index in [9.17, 15) is 4.79 Å². The monoisotopic (exact) mass is 374 g/mol. The van der Waals surface area contributed by atoms with E-state index in [1.54, 1.807) is 24.7 Å². The first-order valence-electron chi connectivity index (χ1n) is 5.50. The summed E-state index contributed by atoms with van der Waals surface area (Å²) in [6.45, 7) is 0. The number of rotatable bonds is 6. The lowest BCUT2D eigenvalue weighted by Gasteiger charge is -2.16. The Bertz CT molecular complexity index is 432. The maximum Gasteiger partial charge on any atom is 0.155 e. The second-order valence-electron chi connectivity index (χ2n) is 3.85. The molecule has 0 amide bonds. The van der Waals surface area contributed by atoms with E-state index < -0.39 is 0 Å². The summed E-state index contributed by atoms with van der Waals surface area (Å²) in [5.74, 6) is 0.831. The van der Waals surface area contributed by atoms with Gasteiger partial charge in [-0.25, -0.2) is 0 Å². The van der Waals surface area contributed by atoms with Crippen LogP contribution in [-0.4, -0.2) is 16.4 Å². The van der Waals surface area contributed by atoms with E-state index in [0.29, 0.717) is 22.2 Å². The molecule has 0 aliphatic rings. The van der Waals surface area contributed by atoms with Crippen LogP contribution in [0.5, 0.6) is 0 Å². The minimum atomic E-state index is -0.298. The fraction of sp³-hybridized carbons (Fsp3) is 0.308. The summed E-state index contributed by atoms with van der Waals surface area (Å²) >= 11 is 6.74. The number of ketones is 1. The summed E-state index contributed by atoms with van der Waals surface area (Å²) in [5.41, 5.74) is 0. The molecule has 2 atom stereocenters. The number of halogens is 2. The van der Waals surface area contributed by atoms with E-state index in [0.717, 1.165) is 0 Å². The van der Waals surface area contributed by atoms with Crippen molar-refractivity contribution in [2.75, 3.05) is 10.7 Å². The molecule has 0 spiro atoms. The van der Waals surface area contributed by atoms with Crippen molar-refractivity contribution in [2.45, 2.75) is 11.8 Å². The molecule has 2 aromatic heterocycles. The largest absolute Gasteiger partial charge is 0.469 e. The highest BCUT2D eigenvalue weighted by molar-refractivity contribution is 9.09. The molecule has 0 radical (unpaired) electrons. The average molecular weight is 376 g/mol. The smallest absolute Gasteiger partial charge is 0.155 e. The molecule has 0 bridgehead atoms. The Hall–Kier alpha value is -0.810. The minimum Gasteiger partial charge on any atom is -0.469 e. The molecule has 18 heavy (non-hydrogen) atoms.